The van der Waals surface area contributed by atoms with E-state index in [1.165, 1.54) is 11.8 Å². The first-order valence-electron chi connectivity index (χ1n) is 11.9. The maximum absolute atomic E-state index is 12.7. The summed E-state index contributed by atoms with van der Waals surface area (Å²) in [5.74, 6) is -0.0435. The molecule has 1 atom stereocenters. The van der Waals surface area contributed by atoms with Gasteiger partial charge >= 0.3 is 5.97 Å². The van der Waals surface area contributed by atoms with Gasteiger partial charge in [-0.05, 0) is 36.8 Å². The molecule has 0 bridgehead atoms. The van der Waals surface area contributed by atoms with E-state index in [0.29, 0.717) is 37.0 Å². The Morgan fingerprint density at radius 1 is 1.08 bits per heavy atom. The summed E-state index contributed by atoms with van der Waals surface area (Å²) in [4.78, 5) is 26.6. The van der Waals surface area contributed by atoms with Gasteiger partial charge in [0.1, 0.15) is 18.1 Å². The second-order valence-electron chi connectivity index (χ2n) is 8.31. The van der Waals surface area contributed by atoms with Crippen LogP contribution < -0.4 is 9.64 Å². The third kappa shape index (κ3) is 6.49. The molecule has 3 aromatic rings. The molecule has 0 saturated carbocycles. The van der Waals surface area contributed by atoms with E-state index >= 15 is 0 Å². The van der Waals surface area contributed by atoms with Crippen molar-refractivity contribution < 1.29 is 29.4 Å². The molecule has 1 aliphatic heterocycles. The third-order valence-corrected chi connectivity index (χ3v) is 6.92. The van der Waals surface area contributed by atoms with Crippen molar-refractivity contribution in [2.24, 2.45) is 5.16 Å². The average Bonchev–Trinajstić information content (AvgIpc) is 2.91. The van der Waals surface area contributed by atoms with Crippen LogP contribution in [0.2, 0.25) is 0 Å². The van der Waals surface area contributed by atoms with E-state index in [9.17, 15) is 19.9 Å². The fourth-order valence-corrected chi connectivity index (χ4v) is 5.06. The van der Waals surface area contributed by atoms with Crippen molar-refractivity contribution in [2.75, 3.05) is 30.4 Å². The number of fused-ring (bicyclic) bond motifs is 1. The molecule has 0 radical (unpaired) electrons. The summed E-state index contributed by atoms with van der Waals surface area (Å²) >= 11 is 1.46. The summed E-state index contributed by atoms with van der Waals surface area (Å²) in [6, 6.07) is 22.3. The van der Waals surface area contributed by atoms with Gasteiger partial charge in [0, 0.05) is 29.1 Å². The van der Waals surface area contributed by atoms with Crippen molar-refractivity contribution >= 4 is 35.0 Å². The van der Waals surface area contributed by atoms with Crippen LogP contribution >= 0.6 is 11.8 Å². The molecule has 0 fully saturated rings. The van der Waals surface area contributed by atoms with Crippen molar-refractivity contribution in [1.82, 2.24) is 0 Å². The minimum Gasteiger partial charge on any atom is -0.492 e. The second kappa shape index (κ2) is 12.4. The number of hydrogen-bond acceptors (Lipinski definition) is 7. The molecule has 8 nitrogen and oxygen atoms in total. The summed E-state index contributed by atoms with van der Waals surface area (Å²) in [5, 5.41) is 22.4. The molecule has 0 saturated heterocycles. The lowest BCUT2D eigenvalue weighted by Crippen LogP contribution is -2.38. The zero-order valence-electron chi connectivity index (χ0n) is 20.4. The molecular weight excluding hydrogens is 492 g/mol. The van der Waals surface area contributed by atoms with E-state index in [1.807, 2.05) is 60.7 Å². The number of anilines is 1. The number of rotatable bonds is 11. The van der Waals surface area contributed by atoms with Crippen molar-refractivity contribution in [3.8, 4) is 5.75 Å². The largest absolute Gasteiger partial charge is 0.492 e. The van der Waals surface area contributed by atoms with Gasteiger partial charge in [0.05, 0.1) is 18.0 Å². The van der Waals surface area contributed by atoms with Crippen molar-refractivity contribution in [2.45, 2.75) is 24.3 Å². The number of benzene rings is 3. The normalized spacial score (nSPS) is 14.2. The van der Waals surface area contributed by atoms with Crippen LogP contribution in [0.3, 0.4) is 0 Å². The van der Waals surface area contributed by atoms with Crippen molar-refractivity contribution in [3.63, 3.8) is 0 Å². The summed E-state index contributed by atoms with van der Waals surface area (Å²) in [6.07, 6.45) is -0.609. The predicted octanol–water partition coefficient (Wildman–Crippen LogP) is 4.46. The average molecular weight is 521 g/mol. The first-order chi connectivity index (χ1) is 18.0. The van der Waals surface area contributed by atoms with Gasteiger partial charge in [0.15, 0.2) is 6.10 Å². The van der Waals surface area contributed by atoms with Gasteiger partial charge in [0.25, 0.3) is 0 Å². The first-order valence-corrected chi connectivity index (χ1v) is 12.9. The Morgan fingerprint density at radius 2 is 1.84 bits per heavy atom. The molecule has 0 aromatic heterocycles. The number of hydrogen-bond donors (Lipinski definition) is 2. The highest BCUT2D eigenvalue weighted by Crippen LogP contribution is 2.36. The quantitative estimate of drug-likeness (QED) is 0.218. The molecule has 37 heavy (non-hydrogen) atoms. The van der Waals surface area contributed by atoms with E-state index in [-0.39, 0.29) is 12.3 Å². The Kier molecular flexibility index (Phi) is 8.81. The summed E-state index contributed by atoms with van der Waals surface area (Å²) in [6.45, 7) is 2.76. The van der Waals surface area contributed by atoms with E-state index in [0.717, 1.165) is 27.3 Å². The van der Waals surface area contributed by atoms with E-state index in [1.54, 1.807) is 24.0 Å². The number of aliphatic carboxylic acids is 1. The number of nitrogens with zero attached hydrogens (tertiary/aromatic N) is 2. The lowest BCUT2D eigenvalue weighted by atomic mass is 10.0. The van der Waals surface area contributed by atoms with Crippen LogP contribution in [0, 0.1) is 0 Å². The fraction of sp³-hybridized carbons (Fsp3) is 0.250. The highest BCUT2D eigenvalue weighted by Gasteiger charge is 2.25. The Bertz CT molecular complexity index is 1260. The van der Waals surface area contributed by atoms with Crippen LogP contribution in [0.1, 0.15) is 23.6 Å². The lowest BCUT2D eigenvalue weighted by Gasteiger charge is -2.29. The lowest BCUT2D eigenvalue weighted by molar-refractivity contribution is -0.149. The van der Waals surface area contributed by atoms with Crippen LogP contribution in [0.4, 0.5) is 5.69 Å². The number of ether oxygens (including phenoxy) is 2. The third-order valence-electron chi connectivity index (χ3n) is 5.89. The van der Waals surface area contributed by atoms with Crippen molar-refractivity contribution in [1.29, 1.82) is 0 Å². The topological polar surface area (TPSA) is 109 Å². The van der Waals surface area contributed by atoms with Gasteiger partial charge in [-0.1, -0.05) is 53.7 Å². The maximum atomic E-state index is 12.7. The van der Waals surface area contributed by atoms with Gasteiger partial charge in [0.2, 0.25) is 5.91 Å². The van der Waals surface area contributed by atoms with Crippen molar-refractivity contribution in [3.05, 3.63) is 89.5 Å². The Balaban J connectivity index is 1.40. The van der Waals surface area contributed by atoms with Gasteiger partial charge < -0.3 is 24.7 Å². The van der Waals surface area contributed by atoms with E-state index < -0.39 is 12.1 Å². The van der Waals surface area contributed by atoms with Gasteiger partial charge in [-0.2, -0.15) is 0 Å². The Labute approximate surface area is 219 Å². The molecular formula is C28H28N2O6S. The predicted molar refractivity (Wildman–Crippen MR) is 142 cm³/mol. The number of thioether (sulfide) groups is 1. The summed E-state index contributed by atoms with van der Waals surface area (Å²) in [7, 11) is 0. The fourth-order valence-electron chi connectivity index (χ4n) is 4.08. The molecule has 1 heterocycles. The van der Waals surface area contributed by atoms with Gasteiger partial charge in [-0.25, -0.2) is 4.79 Å². The highest BCUT2D eigenvalue weighted by molar-refractivity contribution is 8.00. The molecule has 3 aromatic carbocycles. The number of carbonyl (C=O) groups is 2. The van der Waals surface area contributed by atoms with Crippen LogP contribution in [0.15, 0.2) is 82.8 Å². The molecule has 0 aliphatic carbocycles. The first kappa shape index (κ1) is 26.2. The van der Waals surface area contributed by atoms with Crippen LogP contribution in [0.5, 0.6) is 5.75 Å². The van der Waals surface area contributed by atoms with Crippen LogP contribution in [-0.2, 0) is 20.7 Å². The zero-order chi connectivity index (χ0) is 26.2. The molecule has 2 N–H and O–H groups in total. The van der Waals surface area contributed by atoms with Gasteiger partial charge in [-0.3, -0.25) is 4.79 Å². The Morgan fingerprint density at radius 3 is 2.51 bits per heavy atom. The SMILES string of the molecule is CCOC(Cc1ccc(OCCN2C(=O)CSc3cc(C(=NO)c4ccccc4)ccc32)cc1)C(=O)O. The molecule has 4 rings (SSSR count). The number of carbonyl (C=O) groups excluding carboxylic acids is 1. The maximum Gasteiger partial charge on any atom is 0.333 e. The molecule has 1 aliphatic rings. The molecule has 1 unspecified atom stereocenters. The van der Waals surface area contributed by atoms with Crippen LogP contribution in [-0.4, -0.2) is 59.5 Å². The minimum absolute atomic E-state index is 0.000979. The van der Waals surface area contributed by atoms with E-state index in [4.69, 9.17) is 9.47 Å². The smallest absolute Gasteiger partial charge is 0.333 e. The van der Waals surface area contributed by atoms with Crippen LogP contribution in [0.25, 0.3) is 0 Å². The number of amides is 1. The van der Waals surface area contributed by atoms with Gasteiger partial charge in [-0.15, -0.1) is 11.8 Å². The number of oxime groups is 1. The molecule has 0 spiro atoms. The van der Waals surface area contributed by atoms with E-state index in [2.05, 4.69) is 5.16 Å². The number of carboxylic acids is 1. The zero-order valence-corrected chi connectivity index (χ0v) is 21.2. The Hall–Kier alpha value is -3.82. The molecule has 192 valence electrons. The standard InChI is InChI=1S/C28H28N2O6S/c1-2-35-24(28(32)33)16-19-8-11-22(12-9-19)36-15-14-30-23-13-10-21(17-25(23)37-18-26(30)31)27(29-34)20-6-4-3-5-7-20/h3-13,17,24,34H,2,14-16,18H2,1H3,(H,32,33). The monoisotopic (exact) mass is 520 g/mol. The summed E-state index contributed by atoms with van der Waals surface area (Å²) in [5.41, 5.74) is 3.66. The number of carboxylic acid groups (broad SMARTS) is 1. The molecule has 9 heteroatoms. The summed E-state index contributed by atoms with van der Waals surface area (Å²) < 4.78 is 11.1. The second-order valence-corrected chi connectivity index (χ2v) is 9.33. The minimum atomic E-state index is -0.987. The molecule has 1 amide bonds. The highest BCUT2D eigenvalue weighted by atomic mass is 32.2.